The van der Waals surface area contributed by atoms with Gasteiger partial charge in [0.15, 0.2) is 0 Å². The lowest BCUT2D eigenvalue weighted by atomic mass is 10.2. The molecule has 0 fully saturated rings. The third kappa shape index (κ3) is 9.52. The minimum absolute atomic E-state index is 0.184. The van der Waals surface area contributed by atoms with Crippen molar-refractivity contribution in [2.75, 3.05) is 13.2 Å². The monoisotopic (exact) mass is 227 g/mol. The molecule has 0 saturated carbocycles. The van der Waals surface area contributed by atoms with Gasteiger partial charge in [-0.25, -0.2) is 0 Å². The molecule has 0 saturated heterocycles. The summed E-state index contributed by atoms with van der Waals surface area (Å²) in [5, 5.41) is 2.21. The first kappa shape index (κ1) is 14.2. The molecule has 0 aliphatic heterocycles. The van der Waals surface area contributed by atoms with Crippen LogP contribution in [0.1, 0.15) is 26.7 Å². The van der Waals surface area contributed by atoms with E-state index >= 15 is 0 Å². The molecule has 1 amide bonds. The number of ether oxygens (including phenoxy) is 1. The Bertz CT molecular complexity index is 194. The molecule has 0 aromatic rings. The van der Waals surface area contributed by atoms with Crippen LogP contribution in [0.4, 0.5) is 13.2 Å². The summed E-state index contributed by atoms with van der Waals surface area (Å²) in [6.45, 7) is 3.44. The van der Waals surface area contributed by atoms with Crippen LogP contribution in [0.5, 0.6) is 0 Å². The van der Waals surface area contributed by atoms with E-state index in [1.165, 1.54) is 6.92 Å². The molecule has 0 bridgehead atoms. The number of nitrogens with one attached hydrogen (secondary N) is 1. The summed E-state index contributed by atoms with van der Waals surface area (Å²) in [7, 11) is 0. The summed E-state index contributed by atoms with van der Waals surface area (Å²) in [4.78, 5) is 11.0. The van der Waals surface area contributed by atoms with E-state index in [-0.39, 0.29) is 6.61 Å². The van der Waals surface area contributed by atoms with E-state index in [4.69, 9.17) is 4.74 Å². The Kier molecular flexibility index (Phi) is 6.31. The van der Waals surface area contributed by atoms with Crippen molar-refractivity contribution < 1.29 is 22.7 Å². The maximum Gasteiger partial charge on any atom is 0.391 e. The number of rotatable bonds is 6. The minimum atomic E-state index is -4.25. The van der Waals surface area contributed by atoms with Crippen molar-refractivity contribution in [3.05, 3.63) is 0 Å². The lowest BCUT2D eigenvalue weighted by Crippen LogP contribution is -2.38. The fourth-order valence-electron chi connectivity index (χ4n) is 1.02. The molecule has 3 nitrogen and oxygen atoms in total. The topological polar surface area (TPSA) is 38.3 Å². The Morgan fingerprint density at radius 1 is 1.47 bits per heavy atom. The zero-order valence-electron chi connectivity index (χ0n) is 8.86. The van der Waals surface area contributed by atoms with Gasteiger partial charge < -0.3 is 10.1 Å². The average Bonchev–Trinajstić information content (AvgIpc) is 2.00. The first-order valence-electron chi connectivity index (χ1n) is 4.79. The quantitative estimate of drug-likeness (QED) is 0.703. The van der Waals surface area contributed by atoms with E-state index in [0.717, 1.165) is 6.42 Å². The first-order valence-corrected chi connectivity index (χ1v) is 4.79. The molecule has 0 spiro atoms. The molecular formula is C9H16F3NO2. The third-order valence-corrected chi connectivity index (χ3v) is 1.53. The zero-order chi connectivity index (χ0) is 11.9. The van der Waals surface area contributed by atoms with Gasteiger partial charge in [-0.15, -0.1) is 0 Å². The lowest BCUT2D eigenvalue weighted by molar-refractivity contribution is -0.142. The largest absolute Gasteiger partial charge is 0.391 e. The van der Waals surface area contributed by atoms with Crippen LogP contribution >= 0.6 is 0 Å². The van der Waals surface area contributed by atoms with E-state index < -0.39 is 24.5 Å². The molecule has 0 aromatic heterocycles. The van der Waals surface area contributed by atoms with Crippen LogP contribution in [-0.2, 0) is 9.53 Å². The van der Waals surface area contributed by atoms with Gasteiger partial charge in [0.05, 0.1) is 6.42 Å². The van der Waals surface area contributed by atoms with Crippen molar-refractivity contribution in [3.8, 4) is 0 Å². The number of carbonyl (C=O) groups excluding carboxylic acids is 1. The second-order valence-electron chi connectivity index (χ2n) is 3.34. The van der Waals surface area contributed by atoms with E-state index in [0.29, 0.717) is 6.61 Å². The van der Waals surface area contributed by atoms with Crippen molar-refractivity contribution in [3.63, 3.8) is 0 Å². The Morgan fingerprint density at radius 3 is 2.53 bits per heavy atom. The summed E-state index contributed by atoms with van der Waals surface area (Å²) in [5.41, 5.74) is 0. The molecule has 0 rings (SSSR count). The van der Waals surface area contributed by atoms with E-state index in [2.05, 4.69) is 5.32 Å². The van der Waals surface area contributed by atoms with Gasteiger partial charge in [0, 0.05) is 12.6 Å². The molecule has 1 unspecified atom stereocenters. The number of carbonyl (C=O) groups is 1. The average molecular weight is 227 g/mol. The predicted octanol–water partition coefficient (Wildman–Crippen LogP) is 1.87. The van der Waals surface area contributed by atoms with Crippen molar-refractivity contribution in [1.82, 2.24) is 5.32 Å². The number of hydrogen-bond acceptors (Lipinski definition) is 2. The molecule has 15 heavy (non-hydrogen) atoms. The fraction of sp³-hybridized carbons (Fsp3) is 0.889. The lowest BCUT2D eigenvalue weighted by Gasteiger charge is -2.15. The maximum absolute atomic E-state index is 11.9. The van der Waals surface area contributed by atoms with Gasteiger partial charge in [-0.05, 0) is 13.3 Å². The van der Waals surface area contributed by atoms with E-state index in [1.807, 2.05) is 6.92 Å². The molecule has 0 radical (unpaired) electrons. The zero-order valence-corrected chi connectivity index (χ0v) is 8.86. The predicted molar refractivity (Wildman–Crippen MR) is 49.4 cm³/mol. The van der Waals surface area contributed by atoms with Crippen molar-refractivity contribution in [1.29, 1.82) is 0 Å². The maximum atomic E-state index is 11.9. The molecule has 0 aromatic carbocycles. The SMILES string of the molecule is CCCOCC(=O)NC(C)CC(F)(F)F. The number of halogens is 3. The Morgan fingerprint density at radius 2 is 2.07 bits per heavy atom. The molecular weight excluding hydrogens is 211 g/mol. The highest BCUT2D eigenvalue weighted by Gasteiger charge is 2.30. The Labute approximate surface area is 87.0 Å². The van der Waals surface area contributed by atoms with Gasteiger partial charge in [-0.3, -0.25) is 4.79 Å². The van der Waals surface area contributed by atoms with Crippen LogP contribution in [0, 0.1) is 0 Å². The summed E-state index contributed by atoms with van der Waals surface area (Å²) in [6.07, 6.45) is -4.51. The Hall–Kier alpha value is -0.780. The van der Waals surface area contributed by atoms with Crippen molar-refractivity contribution in [2.45, 2.75) is 38.9 Å². The van der Waals surface area contributed by atoms with Crippen LogP contribution in [0.2, 0.25) is 0 Å². The molecule has 0 aliphatic carbocycles. The smallest absolute Gasteiger partial charge is 0.372 e. The third-order valence-electron chi connectivity index (χ3n) is 1.53. The van der Waals surface area contributed by atoms with Gasteiger partial charge in [0.2, 0.25) is 5.91 Å². The van der Waals surface area contributed by atoms with Crippen molar-refractivity contribution in [2.24, 2.45) is 0 Å². The number of hydrogen-bond donors (Lipinski definition) is 1. The molecule has 90 valence electrons. The normalized spacial score (nSPS) is 13.7. The van der Waals surface area contributed by atoms with Crippen LogP contribution in [0.15, 0.2) is 0 Å². The molecule has 0 aliphatic rings. The van der Waals surface area contributed by atoms with Crippen LogP contribution in [-0.4, -0.2) is 31.3 Å². The fourth-order valence-corrected chi connectivity index (χ4v) is 1.02. The molecule has 1 atom stereocenters. The number of alkyl halides is 3. The highest BCUT2D eigenvalue weighted by molar-refractivity contribution is 5.77. The van der Waals surface area contributed by atoms with Crippen LogP contribution in [0.25, 0.3) is 0 Å². The summed E-state index contributed by atoms with van der Waals surface area (Å²) in [6, 6.07) is -0.914. The molecule has 6 heteroatoms. The number of amides is 1. The highest BCUT2D eigenvalue weighted by atomic mass is 19.4. The first-order chi connectivity index (χ1) is 6.85. The standard InChI is InChI=1S/C9H16F3NO2/c1-3-4-15-6-8(14)13-7(2)5-9(10,11)12/h7H,3-6H2,1-2H3,(H,13,14). The molecule has 1 N–H and O–H groups in total. The van der Waals surface area contributed by atoms with E-state index in [9.17, 15) is 18.0 Å². The van der Waals surface area contributed by atoms with Crippen LogP contribution < -0.4 is 5.32 Å². The van der Waals surface area contributed by atoms with Gasteiger partial charge in [-0.1, -0.05) is 6.92 Å². The van der Waals surface area contributed by atoms with Gasteiger partial charge in [0.25, 0.3) is 0 Å². The molecule has 0 heterocycles. The van der Waals surface area contributed by atoms with Gasteiger partial charge >= 0.3 is 6.18 Å². The highest BCUT2D eigenvalue weighted by Crippen LogP contribution is 2.21. The van der Waals surface area contributed by atoms with Crippen LogP contribution in [0.3, 0.4) is 0 Å². The Balaban J connectivity index is 3.67. The second-order valence-corrected chi connectivity index (χ2v) is 3.34. The van der Waals surface area contributed by atoms with Crippen molar-refractivity contribution >= 4 is 5.91 Å². The summed E-state index contributed by atoms with van der Waals surface area (Å²) < 4.78 is 40.5. The summed E-state index contributed by atoms with van der Waals surface area (Å²) in [5.74, 6) is -0.514. The second kappa shape index (κ2) is 6.66. The van der Waals surface area contributed by atoms with Gasteiger partial charge in [0.1, 0.15) is 6.61 Å². The van der Waals surface area contributed by atoms with Gasteiger partial charge in [-0.2, -0.15) is 13.2 Å². The summed E-state index contributed by atoms with van der Waals surface area (Å²) >= 11 is 0. The minimum Gasteiger partial charge on any atom is -0.372 e. The van der Waals surface area contributed by atoms with E-state index in [1.54, 1.807) is 0 Å².